The second-order valence-corrected chi connectivity index (χ2v) is 4.84. The normalized spacial score (nSPS) is 12.6. The molecule has 0 fully saturated rings. The number of hydrogen-bond acceptors (Lipinski definition) is 3. The molecular weight excluding hydrogens is 262 g/mol. The van der Waals surface area contributed by atoms with Gasteiger partial charge in [-0.2, -0.15) is 5.10 Å². The van der Waals surface area contributed by atoms with E-state index in [0.717, 1.165) is 17.7 Å². The predicted molar refractivity (Wildman–Crippen MR) is 76.0 cm³/mol. The first-order chi connectivity index (χ1) is 9.19. The zero-order valence-electron chi connectivity index (χ0n) is 10.9. The number of hydrogen-bond donors (Lipinski definition) is 2. The average Bonchev–Trinajstić information content (AvgIpc) is 2.87. The fourth-order valence-corrected chi connectivity index (χ4v) is 1.95. The van der Waals surface area contributed by atoms with E-state index in [4.69, 9.17) is 11.6 Å². The number of rotatable bonds is 6. The predicted octanol–water partition coefficient (Wildman–Crippen LogP) is 2.38. The molecule has 102 valence electrons. The van der Waals surface area contributed by atoms with E-state index in [-0.39, 0.29) is 0 Å². The summed E-state index contributed by atoms with van der Waals surface area (Å²) in [5.74, 6) is 0. The second-order valence-electron chi connectivity index (χ2n) is 4.40. The summed E-state index contributed by atoms with van der Waals surface area (Å²) in [5.41, 5.74) is 1.98. The summed E-state index contributed by atoms with van der Waals surface area (Å²) in [5, 5.41) is 18.1. The van der Waals surface area contributed by atoms with Gasteiger partial charge in [-0.1, -0.05) is 23.7 Å². The smallest absolute Gasteiger partial charge is 0.0914 e. The number of nitrogens with zero attached hydrogens (tertiary/aromatic N) is 2. The molecule has 0 bridgehead atoms. The molecule has 0 amide bonds. The van der Waals surface area contributed by atoms with Crippen LogP contribution in [0.2, 0.25) is 5.02 Å². The van der Waals surface area contributed by atoms with E-state index in [1.165, 1.54) is 0 Å². The number of aliphatic hydroxyl groups is 1. The van der Waals surface area contributed by atoms with Gasteiger partial charge in [0.15, 0.2) is 0 Å². The van der Waals surface area contributed by atoms with Gasteiger partial charge in [0.25, 0.3) is 0 Å². The van der Waals surface area contributed by atoms with Crippen molar-refractivity contribution < 1.29 is 5.11 Å². The SMILES string of the molecule is CCn1cc(CNCC(O)c2ccc(Cl)cc2)cn1. The van der Waals surface area contributed by atoms with E-state index < -0.39 is 6.10 Å². The van der Waals surface area contributed by atoms with Crippen LogP contribution in [-0.4, -0.2) is 21.4 Å². The fourth-order valence-electron chi connectivity index (χ4n) is 1.83. The summed E-state index contributed by atoms with van der Waals surface area (Å²) in [6.07, 6.45) is 3.31. The average molecular weight is 280 g/mol. The van der Waals surface area contributed by atoms with E-state index >= 15 is 0 Å². The highest BCUT2D eigenvalue weighted by molar-refractivity contribution is 6.30. The molecule has 5 heteroatoms. The number of aromatic nitrogens is 2. The molecule has 1 unspecified atom stereocenters. The Hall–Kier alpha value is -1.36. The molecule has 0 aliphatic heterocycles. The maximum Gasteiger partial charge on any atom is 0.0914 e. The van der Waals surface area contributed by atoms with E-state index in [1.807, 2.05) is 29.2 Å². The third-order valence-electron chi connectivity index (χ3n) is 2.93. The highest BCUT2D eigenvalue weighted by Crippen LogP contribution is 2.15. The van der Waals surface area contributed by atoms with Crippen molar-refractivity contribution in [3.05, 3.63) is 52.8 Å². The highest BCUT2D eigenvalue weighted by atomic mass is 35.5. The van der Waals surface area contributed by atoms with Gasteiger partial charge in [-0.05, 0) is 24.6 Å². The van der Waals surface area contributed by atoms with Crippen LogP contribution in [0, 0.1) is 0 Å². The van der Waals surface area contributed by atoms with Crippen LogP contribution in [0.15, 0.2) is 36.7 Å². The van der Waals surface area contributed by atoms with Crippen LogP contribution in [0.1, 0.15) is 24.2 Å². The van der Waals surface area contributed by atoms with Crippen molar-refractivity contribution in [3.8, 4) is 0 Å². The van der Waals surface area contributed by atoms with Gasteiger partial charge < -0.3 is 10.4 Å². The van der Waals surface area contributed by atoms with Crippen molar-refractivity contribution >= 4 is 11.6 Å². The first kappa shape index (κ1) is 14.1. The van der Waals surface area contributed by atoms with Gasteiger partial charge >= 0.3 is 0 Å². The maximum atomic E-state index is 10.0. The topological polar surface area (TPSA) is 50.1 Å². The van der Waals surface area contributed by atoms with Crippen molar-refractivity contribution in [2.75, 3.05) is 6.54 Å². The van der Waals surface area contributed by atoms with Gasteiger partial charge in [-0.3, -0.25) is 4.68 Å². The monoisotopic (exact) mass is 279 g/mol. The molecule has 1 aromatic carbocycles. The summed E-state index contributed by atoms with van der Waals surface area (Å²) in [6.45, 7) is 4.12. The fraction of sp³-hybridized carbons (Fsp3) is 0.357. The Morgan fingerprint density at radius 2 is 2.11 bits per heavy atom. The molecule has 1 atom stereocenters. The van der Waals surface area contributed by atoms with Gasteiger partial charge in [0.2, 0.25) is 0 Å². The molecule has 0 spiro atoms. The lowest BCUT2D eigenvalue weighted by molar-refractivity contribution is 0.174. The highest BCUT2D eigenvalue weighted by Gasteiger charge is 2.07. The van der Waals surface area contributed by atoms with Gasteiger partial charge in [-0.15, -0.1) is 0 Å². The van der Waals surface area contributed by atoms with Crippen LogP contribution in [0.25, 0.3) is 0 Å². The molecule has 4 nitrogen and oxygen atoms in total. The quantitative estimate of drug-likeness (QED) is 0.854. The van der Waals surface area contributed by atoms with Crippen molar-refractivity contribution in [2.24, 2.45) is 0 Å². The van der Waals surface area contributed by atoms with Gasteiger partial charge in [0, 0.05) is 36.4 Å². The van der Waals surface area contributed by atoms with E-state index in [2.05, 4.69) is 17.3 Å². The number of benzene rings is 1. The van der Waals surface area contributed by atoms with E-state index in [1.54, 1.807) is 12.1 Å². The molecule has 19 heavy (non-hydrogen) atoms. The van der Waals surface area contributed by atoms with Gasteiger partial charge in [0.05, 0.1) is 12.3 Å². The minimum Gasteiger partial charge on any atom is -0.387 e. The molecule has 1 aromatic heterocycles. The van der Waals surface area contributed by atoms with Gasteiger partial charge in [-0.25, -0.2) is 0 Å². The van der Waals surface area contributed by atoms with E-state index in [9.17, 15) is 5.11 Å². The second kappa shape index (κ2) is 6.70. The summed E-state index contributed by atoms with van der Waals surface area (Å²) >= 11 is 5.81. The zero-order chi connectivity index (χ0) is 13.7. The molecule has 2 rings (SSSR count). The van der Waals surface area contributed by atoms with Crippen molar-refractivity contribution in [1.29, 1.82) is 0 Å². The lowest BCUT2D eigenvalue weighted by Crippen LogP contribution is -2.20. The molecule has 2 aromatic rings. The van der Waals surface area contributed by atoms with Crippen molar-refractivity contribution in [2.45, 2.75) is 26.1 Å². The van der Waals surface area contributed by atoms with Crippen LogP contribution < -0.4 is 5.32 Å². The third kappa shape index (κ3) is 4.06. The van der Waals surface area contributed by atoms with Gasteiger partial charge in [0.1, 0.15) is 0 Å². The van der Waals surface area contributed by atoms with Crippen LogP contribution in [0.4, 0.5) is 0 Å². The zero-order valence-corrected chi connectivity index (χ0v) is 11.6. The lowest BCUT2D eigenvalue weighted by Gasteiger charge is -2.11. The van der Waals surface area contributed by atoms with Crippen LogP contribution in [-0.2, 0) is 13.1 Å². The molecule has 0 saturated heterocycles. The Morgan fingerprint density at radius 1 is 1.37 bits per heavy atom. The molecular formula is C14H18ClN3O. The van der Waals surface area contributed by atoms with Crippen molar-refractivity contribution in [3.63, 3.8) is 0 Å². The molecule has 0 radical (unpaired) electrons. The Morgan fingerprint density at radius 3 is 2.74 bits per heavy atom. The van der Waals surface area contributed by atoms with Crippen LogP contribution in [0.3, 0.4) is 0 Å². The first-order valence-corrected chi connectivity index (χ1v) is 6.72. The van der Waals surface area contributed by atoms with Crippen LogP contribution >= 0.6 is 11.6 Å². The molecule has 0 aliphatic carbocycles. The summed E-state index contributed by atoms with van der Waals surface area (Å²) in [6, 6.07) is 7.24. The number of aliphatic hydroxyl groups excluding tert-OH is 1. The largest absolute Gasteiger partial charge is 0.387 e. The molecule has 2 N–H and O–H groups in total. The minimum absolute atomic E-state index is 0.499. The number of aryl methyl sites for hydroxylation is 1. The number of nitrogens with one attached hydrogen (secondary N) is 1. The maximum absolute atomic E-state index is 10.0. The Bertz CT molecular complexity index is 510. The molecule has 1 heterocycles. The summed E-state index contributed by atoms with van der Waals surface area (Å²) < 4.78 is 1.88. The molecule has 0 aliphatic rings. The minimum atomic E-state index is -0.529. The summed E-state index contributed by atoms with van der Waals surface area (Å²) in [4.78, 5) is 0. The third-order valence-corrected chi connectivity index (χ3v) is 3.18. The number of halogens is 1. The molecule has 0 saturated carbocycles. The lowest BCUT2D eigenvalue weighted by atomic mass is 10.1. The first-order valence-electron chi connectivity index (χ1n) is 6.34. The summed E-state index contributed by atoms with van der Waals surface area (Å²) in [7, 11) is 0. The van der Waals surface area contributed by atoms with Crippen molar-refractivity contribution in [1.82, 2.24) is 15.1 Å². The Labute approximate surface area is 118 Å². The standard InChI is InChI=1S/C14H18ClN3O/c1-2-18-10-11(8-17-18)7-16-9-14(19)12-3-5-13(15)6-4-12/h3-6,8,10,14,16,19H,2,7,9H2,1H3. The van der Waals surface area contributed by atoms with E-state index in [0.29, 0.717) is 18.1 Å². The van der Waals surface area contributed by atoms with Crippen LogP contribution in [0.5, 0.6) is 0 Å². The Kier molecular flexibility index (Phi) is 4.96. The Balaban J connectivity index is 1.80.